The molecule has 1 amide bonds. The number of amides is 1. The highest BCUT2D eigenvalue weighted by atomic mass is 32.1. The van der Waals surface area contributed by atoms with E-state index in [1.54, 1.807) is 11.3 Å². The third-order valence-corrected chi connectivity index (χ3v) is 4.60. The first-order chi connectivity index (χ1) is 11.1. The molecule has 0 unspecified atom stereocenters. The lowest BCUT2D eigenvalue weighted by molar-refractivity contribution is -0.127. The van der Waals surface area contributed by atoms with Crippen molar-refractivity contribution in [3.05, 3.63) is 16.1 Å². The van der Waals surface area contributed by atoms with E-state index in [0.29, 0.717) is 6.42 Å². The van der Waals surface area contributed by atoms with E-state index in [1.807, 2.05) is 18.9 Å². The summed E-state index contributed by atoms with van der Waals surface area (Å²) in [6, 6.07) is 0. The van der Waals surface area contributed by atoms with Crippen molar-refractivity contribution in [3.8, 4) is 0 Å². The first-order valence-electron chi connectivity index (χ1n) is 8.28. The Morgan fingerprint density at radius 2 is 2.39 bits per heavy atom. The maximum Gasteiger partial charge on any atom is 0.222 e. The zero-order valence-electron chi connectivity index (χ0n) is 14.3. The van der Waals surface area contributed by atoms with Gasteiger partial charge in [0.1, 0.15) is 0 Å². The standard InChI is InChI=1S/C16H27N5OS/c1-4-17-16(20(3)11-14-12-23-13(2)19-14)18-8-6-10-21-9-5-7-15(21)22/h12H,4-11H2,1-3H3,(H,17,18). The third-order valence-electron chi connectivity index (χ3n) is 3.78. The molecule has 1 aromatic rings. The average Bonchev–Trinajstić information content (AvgIpc) is 3.11. The number of hydrogen-bond donors (Lipinski definition) is 1. The van der Waals surface area contributed by atoms with Crippen molar-refractivity contribution in [2.75, 3.05) is 33.2 Å². The Balaban J connectivity index is 1.82. The van der Waals surface area contributed by atoms with Crippen molar-refractivity contribution in [1.29, 1.82) is 0 Å². The summed E-state index contributed by atoms with van der Waals surface area (Å²) in [7, 11) is 2.03. The SMILES string of the molecule is CCNC(=NCCCN1CCCC1=O)N(C)Cc1csc(C)n1. The van der Waals surface area contributed by atoms with Crippen LogP contribution in [0.25, 0.3) is 0 Å². The molecule has 7 heteroatoms. The van der Waals surface area contributed by atoms with Crippen molar-refractivity contribution in [3.63, 3.8) is 0 Å². The van der Waals surface area contributed by atoms with Gasteiger partial charge in [-0.3, -0.25) is 9.79 Å². The Morgan fingerprint density at radius 3 is 3.00 bits per heavy atom. The molecule has 1 aliphatic heterocycles. The second-order valence-corrected chi connectivity index (χ2v) is 6.85. The van der Waals surface area contributed by atoms with Gasteiger partial charge in [0, 0.05) is 45.0 Å². The summed E-state index contributed by atoms with van der Waals surface area (Å²) >= 11 is 1.67. The van der Waals surface area contributed by atoms with Crippen LogP contribution < -0.4 is 5.32 Å². The first kappa shape index (κ1) is 17.7. The number of aromatic nitrogens is 1. The van der Waals surface area contributed by atoms with E-state index < -0.39 is 0 Å². The zero-order chi connectivity index (χ0) is 16.7. The van der Waals surface area contributed by atoms with Crippen LogP contribution in [0.3, 0.4) is 0 Å². The number of hydrogen-bond acceptors (Lipinski definition) is 4. The second-order valence-electron chi connectivity index (χ2n) is 5.79. The van der Waals surface area contributed by atoms with E-state index in [2.05, 4.69) is 32.5 Å². The fraction of sp³-hybridized carbons (Fsp3) is 0.688. The first-order valence-corrected chi connectivity index (χ1v) is 9.16. The van der Waals surface area contributed by atoms with Crippen LogP contribution in [0.4, 0.5) is 0 Å². The Labute approximate surface area is 142 Å². The molecule has 1 saturated heterocycles. The monoisotopic (exact) mass is 337 g/mol. The average molecular weight is 337 g/mol. The van der Waals surface area contributed by atoms with E-state index in [1.165, 1.54) is 0 Å². The van der Waals surface area contributed by atoms with Crippen LogP contribution in [-0.4, -0.2) is 59.9 Å². The molecule has 23 heavy (non-hydrogen) atoms. The van der Waals surface area contributed by atoms with Crippen LogP contribution in [-0.2, 0) is 11.3 Å². The minimum atomic E-state index is 0.289. The van der Waals surface area contributed by atoms with Gasteiger partial charge >= 0.3 is 0 Å². The summed E-state index contributed by atoms with van der Waals surface area (Å²) in [5.41, 5.74) is 1.07. The van der Waals surface area contributed by atoms with Crippen LogP contribution in [0.2, 0.25) is 0 Å². The van der Waals surface area contributed by atoms with E-state index in [0.717, 1.165) is 62.2 Å². The predicted molar refractivity (Wildman–Crippen MR) is 94.7 cm³/mol. The van der Waals surface area contributed by atoms with Crippen molar-refractivity contribution >= 4 is 23.2 Å². The van der Waals surface area contributed by atoms with Crippen LogP contribution in [0, 0.1) is 6.92 Å². The number of rotatable bonds is 7. The van der Waals surface area contributed by atoms with Gasteiger partial charge in [-0.15, -0.1) is 11.3 Å². The molecule has 0 spiro atoms. The van der Waals surface area contributed by atoms with Crippen LogP contribution in [0.5, 0.6) is 0 Å². The van der Waals surface area contributed by atoms with Crippen molar-refractivity contribution < 1.29 is 4.79 Å². The number of guanidine groups is 1. The number of nitrogens with one attached hydrogen (secondary N) is 1. The molecular formula is C16H27N5OS. The molecule has 0 atom stereocenters. The Hall–Kier alpha value is -1.63. The molecule has 6 nitrogen and oxygen atoms in total. The van der Waals surface area contributed by atoms with Gasteiger partial charge in [0.05, 0.1) is 17.2 Å². The smallest absolute Gasteiger partial charge is 0.222 e. The van der Waals surface area contributed by atoms with Crippen LogP contribution in [0.15, 0.2) is 10.4 Å². The zero-order valence-corrected chi connectivity index (χ0v) is 15.2. The number of nitrogens with zero attached hydrogens (tertiary/aromatic N) is 4. The van der Waals surface area contributed by atoms with Crippen molar-refractivity contribution in [2.24, 2.45) is 4.99 Å². The van der Waals surface area contributed by atoms with Gasteiger partial charge < -0.3 is 15.1 Å². The third kappa shape index (κ3) is 5.49. The molecule has 2 heterocycles. The van der Waals surface area contributed by atoms with Crippen LogP contribution >= 0.6 is 11.3 Å². The van der Waals surface area contributed by atoms with Crippen LogP contribution in [0.1, 0.15) is 36.9 Å². The highest BCUT2D eigenvalue weighted by Crippen LogP contribution is 2.11. The maximum atomic E-state index is 11.6. The minimum absolute atomic E-state index is 0.289. The Morgan fingerprint density at radius 1 is 1.57 bits per heavy atom. The Kier molecular flexibility index (Phi) is 6.83. The molecule has 0 bridgehead atoms. The lowest BCUT2D eigenvalue weighted by Crippen LogP contribution is -2.38. The molecule has 128 valence electrons. The molecule has 0 radical (unpaired) electrons. The van der Waals surface area contributed by atoms with E-state index in [-0.39, 0.29) is 5.91 Å². The molecule has 0 aromatic carbocycles. The number of carbonyl (C=O) groups excluding carboxylic acids is 1. The van der Waals surface area contributed by atoms with Gasteiger partial charge in [0.25, 0.3) is 0 Å². The highest BCUT2D eigenvalue weighted by molar-refractivity contribution is 7.09. The molecule has 1 N–H and O–H groups in total. The second kappa shape index (κ2) is 8.86. The van der Waals surface area contributed by atoms with E-state index in [9.17, 15) is 4.79 Å². The van der Waals surface area contributed by atoms with E-state index in [4.69, 9.17) is 0 Å². The lowest BCUT2D eigenvalue weighted by atomic mass is 10.4. The molecular weight excluding hydrogens is 310 g/mol. The van der Waals surface area contributed by atoms with Gasteiger partial charge in [-0.1, -0.05) is 0 Å². The molecule has 1 aliphatic rings. The summed E-state index contributed by atoms with van der Waals surface area (Å²) in [4.78, 5) is 24.8. The number of thiazole rings is 1. The van der Waals surface area contributed by atoms with Gasteiger partial charge in [0.15, 0.2) is 5.96 Å². The van der Waals surface area contributed by atoms with Gasteiger partial charge in [-0.25, -0.2) is 4.98 Å². The van der Waals surface area contributed by atoms with E-state index >= 15 is 0 Å². The summed E-state index contributed by atoms with van der Waals surface area (Å²) in [6.07, 6.45) is 2.62. The fourth-order valence-electron chi connectivity index (χ4n) is 2.66. The fourth-order valence-corrected chi connectivity index (χ4v) is 3.26. The summed E-state index contributed by atoms with van der Waals surface area (Å²) in [5, 5.41) is 6.50. The van der Waals surface area contributed by atoms with Gasteiger partial charge in [0.2, 0.25) is 5.91 Å². The van der Waals surface area contributed by atoms with Crippen molar-refractivity contribution in [1.82, 2.24) is 20.1 Å². The Bertz CT molecular complexity index is 542. The summed E-state index contributed by atoms with van der Waals surface area (Å²) in [5.74, 6) is 1.18. The molecule has 1 fully saturated rings. The molecule has 0 saturated carbocycles. The normalized spacial score (nSPS) is 15.3. The van der Waals surface area contributed by atoms with Crippen molar-refractivity contribution in [2.45, 2.75) is 39.7 Å². The number of carbonyl (C=O) groups is 1. The quantitative estimate of drug-likeness (QED) is 0.469. The maximum absolute atomic E-state index is 11.6. The molecule has 0 aliphatic carbocycles. The summed E-state index contributed by atoms with van der Waals surface area (Å²) in [6.45, 7) is 8.13. The topological polar surface area (TPSA) is 60.8 Å². The minimum Gasteiger partial charge on any atom is -0.357 e. The predicted octanol–water partition coefficient (Wildman–Crippen LogP) is 1.86. The highest BCUT2D eigenvalue weighted by Gasteiger charge is 2.18. The lowest BCUT2D eigenvalue weighted by Gasteiger charge is -2.21. The largest absolute Gasteiger partial charge is 0.357 e. The molecule has 2 rings (SSSR count). The number of aliphatic imine (C=N–C) groups is 1. The number of aryl methyl sites for hydroxylation is 1. The molecule has 1 aromatic heterocycles. The van der Waals surface area contributed by atoms with Gasteiger partial charge in [-0.05, 0) is 26.7 Å². The summed E-state index contributed by atoms with van der Waals surface area (Å²) < 4.78 is 0. The van der Waals surface area contributed by atoms with Gasteiger partial charge in [-0.2, -0.15) is 0 Å². The number of likely N-dealkylation sites (tertiary alicyclic amines) is 1.